The van der Waals surface area contributed by atoms with Gasteiger partial charge in [0.1, 0.15) is 5.82 Å². The van der Waals surface area contributed by atoms with Gasteiger partial charge in [0, 0.05) is 29.8 Å². The van der Waals surface area contributed by atoms with Crippen molar-refractivity contribution >= 4 is 21.8 Å². The van der Waals surface area contributed by atoms with Gasteiger partial charge in [-0.2, -0.15) is 10.2 Å². The van der Waals surface area contributed by atoms with Crippen molar-refractivity contribution in [3.05, 3.63) is 58.7 Å². The molecule has 4 aromatic rings. The van der Waals surface area contributed by atoms with Crippen LogP contribution in [0.5, 0.6) is 0 Å². The molecule has 1 saturated carbocycles. The number of halogens is 1. The van der Waals surface area contributed by atoms with Crippen LogP contribution in [0.3, 0.4) is 0 Å². The van der Waals surface area contributed by atoms with Gasteiger partial charge in [0.15, 0.2) is 0 Å². The summed E-state index contributed by atoms with van der Waals surface area (Å²) in [6.07, 6.45) is 5.18. The van der Waals surface area contributed by atoms with Crippen molar-refractivity contribution in [1.29, 1.82) is 0 Å². The van der Waals surface area contributed by atoms with E-state index >= 15 is 0 Å². The molecule has 1 aliphatic carbocycles. The summed E-state index contributed by atoms with van der Waals surface area (Å²) in [7, 11) is 1.93. The number of rotatable bonds is 4. The Hall–Kier alpha value is -2.69. The molecule has 5 heteroatoms. The van der Waals surface area contributed by atoms with E-state index in [-0.39, 0.29) is 16.6 Å². The van der Waals surface area contributed by atoms with Crippen molar-refractivity contribution in [3.8, 4) is 0 Å². The van der Waals surface area contributed by atoms with Crippen LogP contribution in [0, 0.1) is 12.7 Å². The van der Waals surface area contributed by atoms with E-state index in [1.54, 1.807) is 6.07 Å². The predicted octanol–water partition coefficient (Wildman–Crippen LogP) is 6.52. The van der Waals surface area contributed by atoms with E-state index in [1.165, 1.54) is 34.9 Å². The second-order valence-corrected chi connectivity index (χ2v) is 11.2. The quantitative estimate of drug-likeness (QED) is 0.368. The molecule has 168 valence electrons. The molecule has 0 spiro atoms. The monoisotopic (exact) mass is 432 g/mol. The second kappa shape index (κ2) is 6.90. The Morgan fingerprint density at radius 3 is 2.38 bits per heavy atom. The third kappa shape index (κ3) is 3.25. The first-order valence-electron chi connectivity index (χ1n) is 11.6. The number of fused-ring (bicyclic) bond motifs is 2. The van der Waals surface area contributed by atoms with Crippen LogP contribution in [0.2, 0.25) is 0 Å². The highest BCUT2D eigenvalue weighted by Crippen LogP contribution is 2.42. The van der Waals surface area contributed by atoms with E-state index in [2.05, 4.69) is 58.4 Å². The van der Waals surface area contributed by atoms with Gasteiger partial charge in [-0.3, -0.25) is 9.36 Å². The number of hydrogen-bond donors (Lipinski definition) is 0. The first-order chi connectivity index (χ1) is 15.0. The molecule has 0 bridgehead atoms. The zero-order chi connectivity index (χ0) is 23.0. The molecule has 2 heterocycles. The minimum atomic E-state index is -0.302. The molecule has 0 amide bonds. The van der Waals surface area contributed by atoms with E-state index in [9.17, 15) is 4.39 Å². The van der Waals surface area contributed by atoms with Crippen molar-refractivity contribution < 1.29 is 4.39 Å². The average Bonchev–Trinajstić information content (AvgIpc) is 3.37. The number of nitrogens with zero attached hydrogens (tertiary/aromatic N) is 4. The zero-order valence-electron chi connectivity index (χ0n) is 20.3. The van der Waals surface area contributed by atoms with Crippen molar-refractivity contribution in [1.82, 2.24) is 19.6 Å². The van der Waals surface area contributed by atoms with Crippen LogP contribution >= 0.6 is 0 Å². The van der Waals surface area contributed by atoms with Crippen molar-refractivity contribution in [3.63, 3.8) is 0 Å². The fourth-order valence-electron chi connectivity index (χ4n) is 5.46. The highest BCUT2D eigenvalue weighted by atomic mass is 19.1. The molecule has 2 aromatic heterocycles. The normalized spacial score (nSPS) is 15.2. The summed E-state index contributed by atoms with van der Waals surface area (Å²) in [5, 5.41) is 11.9. The molecule has 0 saturated heterocycles. The number of hydrogen-bond acceptors (Lipinski definition) is 2. The Bertz CT molecular complexity index is 1350. The van der Waals surface area contributed by atoms with Gasteiger partial charge in [0.25, 0.3) is 0 Å². The molecule has 0 radical (unpaired) electrons. The van der Waals surface area contributed by atoms with E-state index in [1.807, 2.05) is 24.0 Å². The van der Waals surface area contributed by atoms with Gasteiger partial charge in [-0.15, -0.1) is 0 Å². The summed E-state index contributed by atoms with van der Waals surface area (Å²) < 4.78 is 19.0. The van der Waals surface area contributed by atoms with Gasteiger partial charge in [0.2, 0.25) is 0 Å². The van der Waals surface area contributed by atoms with Gasteiger partial charge in [-0.1, -0.05) is 46.8 Å². The number of aryl methyl sites for hydroxylation is 2. The Morgan fingerprint density at radius 1 is 1.00 bits per heavy atom. The molecule has 5 rings (SSSR count). The minimum absolute atomic E-state index is 0.159. The number of benzene rings is 2. The largest absolute Gasteiger partial charge is 0.267 e. The van der Waals surface area contributed by atoms with Crippen molar-refractivity contribution in [2.24, 2.45) is 7.05 Å². The lowest BCUT2D eigenvalue weighted by atomic mass is 9.76. The first kappa shape index (κ1) is 21.2. The predicted molar refractivity (Wildman–Crippen MR) is 129 cm³/mol. The highest BCUT2D eigenvalue weighted by molar-refractivity contribution is 5.87. The van der Waals surface area contributed by atoms with Gasteiger partial charge in [0.05, 0.1) is 29.0 Å². The summed E-state index contributed by atoms with van der Waals surface area (Å²) in [6, 6.07) is 8.43. The molecule has 0 aliphatic heterocycles. The first-order valence-corrected chi connectivity index (χ1v) is 11.6. The van der Waals surface area contributed by atoms with Crippen LogP contribution in [0.1, 0.15) is 75.9 Å². The summed E-state index contributed by atoms with van der Waals surface area (Å²) in [5.74, 6) is -0.159. The molecule has 1 aliphatic rings. The molecule has 32 heavy (non-hydrogen) atoms. The van der Waals surface area contributed by atoms with Crippen molar-refractivity contribution in [2.75, 3.05) is 0 Å². The molecule has 0 N–H and O–H groups in total. The Balaban J connectivity index is 1.67. The lowest BCUT2D eigenvalue weighted by molar-refractivity contribution is 0.508. The van der Waals surface area contributed by atoms with E-state index in [4.69, 9.17) is 10.2 Å². The Morgan fingerprint density at radius 2 is 1.72 bits per heavy atom. The van der Waals surface area contributed by atoms with Crippen LogP contribution in [0.25, 0.3) is 21.8 Å². The van der Waals surface area contributed by atoms with Crippen LogP contribution in [-0.4, -0.2) is 19.6 Å². The van der Waals surface area contributed by atoms with Gasteiger partial charge >= 0.3 is 0 Å². The summed E-state index contributed by atoms with van der Waals surface area (Å²) >= 11 is 0. The van der Waals surface area contributed by atoms with Crippen LogP contribution in [0.15, 0.2) is 30.5 Å². The smallest absolute Gasteiger partial charge is 0.129 e. The van der Waals surface area contributed by atoms with Crippen LogP contribution in [-0.2, 0) is 24.3 Å². The fraction of sp³-hybridized carbons (Fsp3) is 0.481. The van der Waals surface area contributed by atoms with Gasteiger partial charge in [-0.05, 0) is 53.9 Å². The van der Waals surface area contributed by atoms with Crippen molar-refractivity contribution in [2.45, 2.75) is 77.7 Å². The molecule has 0 unspecified atom stereocenters. The minimum Gasteiger partial charge on any atom is -0.267 e. The fourth-order valence-corrected chi connectivity index (χ4v) is 5.46. The summed E-state index contributed by atoms with van der Waals surface area (Å²) in [6.45, 7) is 13.0. The zero-order valence-corrected chi connectivity index (χ0v) is 20.3. The lowest BCUT2D eigenvalue weighted by Crippen LogP contribution is -2.24. The molecular weight excluding hydrogens is 399 g/mol. The average molecular weight is 433 g/mol. The van der Waals surface area contributed by atoms with Crippen LogP contribution < -0.4 is 0 Å². The molecule has 2 aromatic carbocycles. The Labute approximate surface area is 189 Å². The highest BCUT2D eigenvalue weighted by Gasteiger charge is 2.33. The maximum Gasteiger partial charge on any atom is 0.129 e. The third-order valence-electron chi connectivity index (χ3n) is 6.93. The molecular formula is C27H33FN4. The van der Waals surface area contributed by atoms with E-state index in [0.29, 0.717) is 6.04 Å². The molecule has 4 nitrogen and oxygen atoms in total. The summed E-state index contributed by atoms with van der Waals surface area (Å²) in [5.41, 5.74) is 6.09. The van der Waals surface area contributed by atoms with E-state index < -0.39 is 0 Å². The van der Waals surface area contributed by atoms with Crippen LogP contribution in [0.4, 0.5) is 4.39 Å². The summed E-state index contributed by atoms with van der Waals surface area (Å²) in [4.78, 5) is 0. The molecule has 1 fully saturated rings. The molecule has 0 atom stereocenters. The maximum absolute atomic E-state index is 14.9. The standard InChI is InChI=1S/C27H33FN4/c1-16-8-9-17-15-29-32(18-10-11-18)24(17)22(16)27(5,6)14-21-19-12-13-20(28)23(26(2,3)4)25(19)31(7)30-21/h8-9,12-13,15,18H,10-11,14H2,1-7H3. The van der Waals surface area contributed by atoms with E-state index in [0.717, 1.165) is 28.6 Å². The Kier molecular flexibility index (Phi) is 4.57. The second-order valence-electron chi connectivity index (χ2n) is 11.2. The SMILES string of the molecule is Cc1ccc2cnn(C3CC3)c2c1C(C)(C)Cc1nn(C)c2c(C(C)(C)C)c(F)ccc12. The third-order valence-corrected chi connectivity index (χ3v) is 6.93. The lowest BCUT2D eigenvalue weighted by Gasteiger charge is -2.28. The topological polar surface area (TPSA) is 35.6 Å². The van der Waals surface area contributed by atoms with Gasteiger partial charge in [-0.25, -0.2) is 4.39 Å². The van der Waals surface area contributed by atoms with Gasteiger partial charge < -0.3 is 0 Å². The number of aromatic nitrogens is 4. The maximum atomic E-state index is 14.9.